The van der Waals surface area contributed by atoms with Crippen LogP contribution < -0.4 is 5.32 Å². The third kappa shape index (κ3) is 3.52. The molecule has 0 unspecified atom stereocenters. The number of rotatable bonds is 4. The van der Waals surface area contributed by atoms with Crippen LogP contribution in [-0.4, -0.2) is 36.7 Å². The van der Waals surface area contributed by atoms with E-state index in [2.05, 4.69) is 10.3 Å². The highest BCUT2D eigenvalue weighted by atomic mass is 32.2. The smallest absolute Gasteiger partial charge is 0.258 e. The number of nitrogens with zero attached hydrogens (tertiary/aromatic N) is 2. The first-order valence-electron chi connectivity index (χ1n) is 7.61. The molecule has 2 heterocycles. The Kier molecular flexibility index (Phi) is 4.78. The van der Waals surface area contributed by atoms with Crippen molar-refractivity contribution in [3.8, 4) is 0 Å². The van der Waals surface area contributed by atoms with E-state index in [1.165, 1.54) is 28.6 Å². The highest BCUT2D eigenvalue weighted by Crippen LogP contribution is 2.23. The van der Waals surface area contributed by atoms with Gasteiger partial charge in [0, 0.05) is 25.0 Å². The van der Waals surface area contributed by atoms with Gasteiger partial charge < -0.3 is 5.32 Å². The maximum atomic E-state index is 13.6. The van der Waals surface area contributed by atoms with Gasteiger partial charge in [-0.15, -0.1) is 0 Å². The van der Waals surface area contributed by atoms with Crippen molar-refractivity contribution in [1.29, 1.82) is 0 Å². The summed E-state index contributed by atoms with van der Waals surface area (Å²) in [6.45, 7) is 0.918. The van der Waals surface area contributed by atoms with Crippen molar-refractivity contribution in [1.82, 2.24) is 9.29 Å². The summed E-state index contributed by atoms with van der Waals surface area (Å²) in [6.07, 6.45) is 2.59. The van der Waals surface area contributed by atoms with Crippen molar-refractivity contribution in [2.45, 2.75) is 17.7 Å². The Morgan fingerprint density at radius 2 is 1.88 bits per heavy atom. The zero-order chi connectivity index (χ0) is 18.0. The number of amides is 1. The first-order valence-corrected chi connectivity index (χ1v) is 9.05. The SMILES string of the molecule is O=C(Nc1cccc(S(=O)(=O)N2CCCC2)c1)c1ccnc(F)c1F. The number of hydrogen-bond donors (Lipinski definition) is 1. The molecule has 9 heteroatoms. The van der Waals surface area contributed by atoms with Gasteiger partial charge in [-0.3, -0.25) is 4.79 Å². The molecular weight excluding hydrogens is 352 g/mol. The molecule has 2 aromatic rings. The molecule has 25 heavy (non-hydrogen) atoms. The van der Waals surface area contributed by atoms with E-state index in [1.54, 1.807) is 0 Å². The van der Waals surface area contributed by atoms with Gasteiger partial charge in [-0.1, -0.05) is 6.07 Å². The van der Waals surface area contributed by atoms with E-state index in [0.717, 1.165) is 25.1 Å². The van der Waals surface area contributed by atoms with Crippen LogP contribution in [0.1, 0.15) is 23.2 Å². The van der Waals surface area contributed by atoms with Gasteiger partial charge in [-0.05, 0) is 37.1 Å². The minimum absolute atomic E-state index is 0.0357. The molecule has 0 bridgehead atoms. The van der Waals surface area contributed by atoms with Crippen molar-refractivity contribution < 1.29 is 22.0 Å². The van der Waals surface area contributed by atoms with Gasteiger partial charge in [0.05, 0.1) is 10.5 Å². The van der Waals surface area contributed by atoms with Gasteiger partial charge in [-0.2, -0.15) is 8.70 Å². The number of nitrogens with one attached hydrogen (secondary N) is 1. The van der Waals surface area contributed by atoms with Crippen LogP contribution in [0, 0.1) is 11.8 Å². The zero-order valence-electron chi connectivity index (χ0n) is 13.1. The lowest BCUT2D eigenvalue weighted by molar-refractivity contribution is 0.102. The van der Waals surface area contributed by atoms with Crippen molar-refractivity contribution in [2.75, 3.05) is 18.4 Å². The summed E-state index contributed by atoms with van der Waals surface area (Å²) in [4.78, 5) is 15.2. The second-order valence-corrected chi connectivity index (χ2v) is 7.49. The number of hydrogen-bond acceptors (Lipinski definition) is 4. The van der Waals surface area contributed by atoms with Crippen LogP contribution in [0.15, 0.2) is 41.4 Å². The number of carbonyl (C=O) groups is 1. The molecule has 0 saturated carbocycles. The molecule has 1 aromatic heterocycles. The number of halogens is 2. The van der Waals surface area contributed by atoms with Crippen molar-refractivity contribution in [3.05, 3.63) is 53.9 Å². The van der Waals surface area contributed by atoms with E-state index in [0.29, 0.717) is 13.1 Å². The molecule has 1 N–H and O–H groups in total. The largest absolute Gasteiger partial charge is 0.322 e. The minimum atomic E-state index is -3.64. The van der Waals surface area contributed by atoms with E-state index in [4.69, 9.17) is 0 Å². The molecular formula is C16H15F2N3O3S. The van der Waals surface area contributed by atoms with Crippen molar-refractivity contribution >= 4 is 21.6 Å². The molecule has 0 atom stereocenters. The molecule has 0 aliphatic carbocycles. The van der Waals surface area contributed by atoms with Crippen LogP contribution >= 0.6 is 0 Å². The minimum Gasteiger partial charge on any atom is -0.322 e. The van der Waals surface area contributed by atoms with Gasteiger partial charge in [-0.25, -0.2) is 17.8 Å². The topological polar surface area (TPSA) is 79.4 Å². The van der Waals surface area contributed by atoms with Gasteiger partial charge in [0.2, 0.25) is 16.0 Å². The molecule has 1 aromatic carbocycles. The van der Waals surface area contributed by atoms with E-state index in [9.17, 15) is 22.0 Å². The average molecular weight is 367 g/mol. The maximum absolute atomic E-state index is 13.6. The maximum Gasteiger partial charge on any atom is 0.258 e. The summed E-state index contributed by atoms with van der Waals surface area (Å²) in [7, 11) is -3.64. The Hall–Kier alpha value is -2.39. The Labute approximate surface area is 143 Å². The first kappa shape index (κ1) is 17.4. The lowest BCUT2D eigenvalue weighted by atomic mass is 10.2. The summed E-state index contributed by atoms with van der Waals surface area (Å²) in [5.74, 6) is -3.63. The molecule has 1 aliphatic heterocycles. The fourth-order valence-corrected chi connectivity index (χ4v) is 4.17. The Morgan fingerprint density at radius 1 is 1.16 bits per heavy atom. The van der Waals surface area contributed by atoms with E-state index < -0.39 is 33.3 Å². The summed E-state index contributed by atoms with van der Waals surface area (Å²) in [6, 6.07) is 6.70. The molecule has 6 nitrogen and oxygen atoms in total. The predicted molar refractivity (Wildman–Crippen MR) is 86.5 cm³/mol. The molecule has 1 saturated heterocycles. The second-order valence-electron chi connectivity index (χ2n) is 5.56. The van der Waals surface area contributed by atoms with E-state index in [-0.39, 0.29) is 10.6 Å². The summed E-state index contributed by atoms with van der Waals surface area (Å²) >= 11 is 0. The monoisotopic (exact) mass is 367 g/mol. The zero-order valence-corrected chi connectivity index (χ0v) is 13.9. The fraction of sp³-hybridized carbons (Fsp3) is 0.250. The van der Waals surface area contributed by atoms with Crippen LogP contribution in [0.3, 0.4) is 0 Å². The van der Waals surface area contributed by atoms with Crippen LogP contribution in [0.25, 0.3) is 0 Å². The van der Waals surface area contributed by atoms with Crippen LogP contribution in [-0.2, 0) is 10.0 Å². The van der Waals surface area contributed by atoms with Crippen LogP contribution in [0.4, 0.5) is 14.5 Å². The number of aromatic nitrogens is 1. The first-order chi connectivity index (χ1) is 11.9. The number of anilines is 1. The van der Waals surface area contributed by atoms with Gasteiger partial charge in [0.15, 0.2) is 5.82 Å². The third-order valence-electron chi connectivity index (χ3n) is 3.89. The standard InChI is InChI=1S/C16H15F2N3O3S/c17-14-13(6-7-19-15(14)18)16(22)20-11-4-3-5-12(10-11)25(23,24)21-8-1-2-9-21/h3-7,10H,1-2,8-9H2,(H,20,22). The van der Waals surface area contributed by atoms with Gasteiger partial charge in [0.1, 0.15) is 0 Å². The Bertz CT molecular complexity index is 913. The van der Waals surface area contributed by atoms with Gasteiger partial charge >= 0.3 is 0 Å². The Morgan fingerprint density at radius 3 is 2.60 bits per heavy atom. The highest BCUT2D eigenvalue weighted by Gasteiger charge is 2.27. The average Bonchev–Trinajstić information content (AvgIpc) is 3.13. The molecule has 0 spiro atoms. The second kappa shape index (κ2) is 6.85. The van der Waals surface area contributed by atoms with Crippen molar-refractivity contribution in [2.24, 2.45) is 0 Å². The fourth-order valence-electron chi connectivity index (χ4n) is 2.60. The summed E-state index contributed by atoms with van der Waals surface area (Å²) in [5, 5.41) is 2.37. The Balaban J connectivity index is 1.85. The van der Waals surface area contributed by atoms with Crippen molar-refractivity contribution in [3.63, 3.8) is 0 Å². The van der Waals surface area contributed by atoms with Crippen LogP contribution in [0.2, 0.25) is 0 Å². The summed E-state index contributed by atoms with van der Waals surface area (Å²) < 4.78 is 53.2. The molecule has 1 amide bonds. The molecule has 0 radical (unpaired) electrons. The molecule has 1 aliphatic rings. The normalized spacial score (nSPS) is 15.3. The predicted octanol–water partition coefficient (Wildman–Crippen LogP) is 2.40. The number of sulfonamides is 1. The number of pyridine rings is 1. The molecule has 132 valence electrons. The van der Waals surface area contributed by atoms with E-state index >= 15 is 0 Å². The van der Waals surface area contributed by atoms with Crippen LogP contribution in [0.5, 0.6) is 0 Å². The lowest BCUT2D eigenvalue weighted by Gasteiger charge is -2.16. The molecule has 3 rings (SSSR count). The highest BCUT2D eigenvalue weighted by molar-refractivity contribution is 7.89. The summed E-state index contributed by atoms with van der Waals surface area (Å²) in [5.41, 5.74) is -0.345. The van der Waals surface area contributed by atoms with E-state index in [1.807, 2.05) is 0 Å². The number of benzene rings is 1. The number of carbonyl (C=O) groups excluding carboxylic acids is 1. The third-order valence-corrected chi connectivity index (χ3v) is 5.78. The molecule has 1 fully saturated rings. The quantitative estimate of drug-likeness (QED) is 0.842. The lowest BCUT2D eigenvalue weighted by Crippen LogP contribution is -2.28. The van der Waals surface area contributed by atoms with Gasteiger partial charge in [0.25, 0.3) is 5.91 Å².